The molecule has 1 atom stereocenters. The highest BCUT2D eigenvalue weighted by molar-refractivity contribution is 5.74. The minimum Gasteiger partial charge on any atom is -0.481 e. The Balaban J connectivity index is 2.24. The molecule has 0 spiro atoms. The van der Waals surface area contributed by atoms with Crippen molar-refractivity contribution >= 4 is 12.0 Å². The Morgan fingerprint density at radius 1 is 1.40 bits per heavy atom. The molecule has 0 aromatic carbocycles. The first-order valence-corrected chi connectivity index (χ1v) is 7.32. The topological polar surface area (TPSA) is 81.7 Å². The number of carbonyl (C=O) groups is 2. The van der Waals surface area contributed by atoms with Gasteiger partial charge >= 0.3 is 12.0 Å². The fourth-order valence-electron chi connectivity index (χ4n) is 2.44. The Hall–Kier alpha value is -1.30. The largest absolute Gasteiger partial charge is 0.481 e. The number of hydrogen-bond acceptors (Lipinski definition) is 3. The zero-order chi connectivity index (χ0) is 15.2. The van der Waals surface area contributed by atoms with Crippen LogP contribution in [0.4, 0.5) is 4.79 Å². The van der Waals surface area contributed by atoms with Crippen molar-refractivity contribution in [3.8, 4) is 0 Å². The second-order valence-electron chi connectivity index (χ2n) is 6.16. The number of carboxylic acids is 1. The van der Waals surface area contributed by atoms with E-state index in [0.29, 0.717) is 18.9 Å². The molecule has 3 N–H and O–H groups in total. The molecular weight excluding hydrogens is 258 g/mol. The van der Waals surface area contributed by atoms with Gasteiger partial charge in [0.2, 0.25) is 0 Å². The summed E-state index contributed by atoms with van der Waals surface area (Å²) in [6.07, 6.45) is 1.60. The van der Waals surface area contributed by atoms with E-state index in [1.54, 1.807) is 0 Å². The third-order valence-electron chi connectivity index (χ3n) is 3.78. The number of amides is 2. The smallest absolute Gasteiger partial charge is 0.315 e. The second kappa shape index (κ2) is 7.47. The van der Waals surface area contributed by atoms with Crippen LogP contribution in [0.5, 0.6) is 0 Å². The Morgan fingerprint density at radius 2 is 2.10 bits per heavy atom. The Labute approximate surface area is 120 Å². The summed E-state index contributed by atoms with van der Waals surface area (Å²) in [5.41, 5.74) is -0.506. The van der Waals surface area contributed by atoms with Crippen molar-refractivity contribution in [3.63, 3.8) is 0 Å². The summed E-state index contributed by atoms with van der Waals surface area (Å²) >= 11 is 0. The predicted octanol–water partition coefficient (Wildman–Crippen LogP) is 1.27. The van der Waals surface area contributed by atoms with Gasteiger partial charge in [-0.3, -0.25) is 4.79 Å². The van der Waals surface area contributed by atoms with Crippen LogP contribution in [0.2, 0.25) is 0 Å². The molecule has 20 heavy (non-hydrogen) atoms. The number of nitrogens with one attached hydrogen (secondary N) is 2. The summed E-state index contributed by atoms with van der Waals surface area (Å²) in [4.78, 5) is 24.8. The summed E-state index contributed by atoms with van der Waals surface area (Å²) in [6, 6.07) is -0.213. The van der Waals surface area contributed by atoms with E-state index in [0.717, 1.165) is 26.1 Å². The first-order chi connectivity index (χ1) is 9.32. The summed E-state index contributed by atoms with van der Waals surface area (Å²) in [7, 11) is 0. The third-order valence-corrected chi connectivity index (χ3v) is 3.78. The molecule has 0 radical (unpaired) electrons. The molecule has 0 aromatic heterocycles. The molecule has 0 aliphatic carbocycles. The fourth-order valence-corrected chi connectivity index (χ4v) is 2.44. The third kappa shape index (κ3) is 6.23. The highest BCUT2D eigenvalue weighted by Gasteiger charge is 2.24. The highest BCUT2D eigenvalue weighted by atomic mass is 16.4. The van der Waals surface area contributed by atoms with Gasteiger partial charge in [0.05, 0.1) is 0 Å². The van der Waals surface area contributed by atoms with Gasteiger partial charge in [-0.2, -0.15) is 0 Å². The standard InChI is InChI=1S/C14H27N3O3/c1-4-17-8-6-11(10-17)9-15-13(20)16-14(2,3)7-5-12(18)19/h11H,4-10H2,1-3H3,(H,18,19)(H2,15,16,20). The molecule has 1 rings (SSSR count). The Kier molecular flexibility index (Phi) is 6.26. The van der Waals surface area contributed by atoms with Gasteiger partial charge in [0.15, 0.2) is 0 Å². The summed E-state index contributed by atoms with van der Waals surface area (Å²) in [5, 5.41) is 14.4. The van der Waals surface area contributed by atoms with E-state index >= 15 is 0 Å². The van der Waals surface area contributed by atoms with Crippen LogP contribution < -0.4 is 10.6 Å². The molecule has 116 valence electrons. The van der Waals surface area contributed by atoms with Crippen molar-refractivity contribution in [2.45, 2.75) is 45.6 Å². The van der Waals surface area contributed by atoms with Crippen LogP contribution in [0.1, 0.15) is 40.0 Å². The van der Waals surface area contributed by atoms with Gasteiger partial charge in [-0.1, -0.05) is 6.92 Å². The van der Waals surface area contributed by atoms with E-state index in [4.69, 9.17) is 5.11 Å². The van der Waals surface area contributed by atoms with Crippen LogP contribution in [-0.4, -0.2) is 53.7 Å². The normalized spacial score (nSPS) is 19.9. The number of rotatable bonds is 7. The van der Waals surface area contributed by atoms with Gasteiger partial charge in [0.25, 0.3) is 0 Å². The first kappa shape index (κ1) is 16.8. The molecule has 0 aromatic rings. The summed E-state index contributed by atoms with van der Waals surface area (Å²) < 4.78 is 0. The lowest BCUT2D eigenvalue weighted by atomic mass is 9.99. The Morgan fingerprint density at radius 3 is 2.65 bits per heavy atom. The van der Waals surface area contributed by atoms with Crippen LogP contribution in [0.3, 0.4) is 0 Å². The van der Waals surface area contributed by atoms with Gasteiger partial charge in [-0.25, -0.2) is 4.79 Å². The molecular formula is C14H27N3O3. The van der Waals surface area contributed by atoms with Crippen LogP contribution >= 0.6 is 0 Å². The maximum absolute atomic E-state index is 11.8. The van der Waals surface area contributed by atoms with Crippen molar-refractivity contribution in [1.29, 1.82) is 0 Å². The molecule has 1 saturated heterocycles. The van der Waals surface area contributed by atoms with E-state index in [1.807, 2.05) is 13.8 Å². The monoisotopic (exact) mass is 285 g/mol. The molecule has 0 saturated carbocycles. The molecule has 1 unspecified atom stereocenters. The average molecular weight is 285 g/mol. The summed E-state index contributed by atoms with van der Waals surface area (Å²) in [6.45, 7) is 9.71. The fraction of sp³-hybridized carbons (Fsp3) is 0.857. The lowest BCUT2D eigenvalue weighted by Gasteiger charge is -2.26. The van der Waals surface area contributed by atoms with Crippen LogP contribution in [0.15, 0.2) is 0 Å². The van der Waals surface area contributed by atoms with Crippen molar-refractivity contribution in [2.24, 2.45) is 5.92 Å². The van der Waals surface area contributed by atoms with E-state index in [2.05, 4.69) is 22.5 Å². The van der Waals surface area contributed by atoms with Crippen molar-refractivity contribution in [1.82, 2.24) is 15.5 Å². The van der Waals surface area contributed by atoms with Gasteiger partial charge < -0.3 is 20.6 Å². The molecule has 1 fully saturated rings. The average Bonchev–Trinajstić information content (AvgIpc) is 2.81. The van der Waals surface area contributed by atoms with Gasteiger partial charge in [-0.05, 0) is 45.7 Å². The number of aliphatic carboxylic acids is 1. The maximum atomic E-state index is 11.8. The zero-order valence-corrected chi connectivity index (χ0v) is 12.7. The minimum atomic E-state index is -0.842. The summed E-state index contributed by atoms with van der Waals surface area (Å²) in [5.74, 6) is -0.325. The van der Waals surface area contributed by atoms with Crippen molar-refractivity contribution < 1.29 is 14.7 Å². The lowest BCUT2D eigenvalue weighted by molar-refractivity contribution is -0.137. The van der Waals surface area contributed by atoms with E-state index < -0.39 is 11.5 Å². The molecule has 1 aliphatic heterocycles. The molecule has 6 nitrogen and oxygen atoms in total. The second-order valence-corrected chi connectivity index (χ2v) is 6.16. The van der Waals surface area contributed by atoms with E-state index in [1.165, 1.54) is 0 Å². The number of nitrogens with zero attached hydrogens (tertiary/aromatic N) is 1. The zero-order valence-electron chi connectivity index (χ0n) is 12.7. The maximum Gasteiger partial charge on any atom is 0.315 e. The Bertz CT molecular complexity index is 345. The van der Waals surface area contributed by atoms with Crippen LogP contribution in [-0.2, 0) is 4.79 Å². The first-order valence-electron chi connectivity index (χ1n) is 7.32. The van der Waals surface area contributed by atoms with Crippen molar-refractivity contribution in [2.75, 3.05) is 26.2 Å². The molecule has 1 heterocycles. The molecule has 0 bridgehead atoms. The number of carbonyl (C=O) groups excluding carboxylic acids is 1. The van der Waals surface area contributed by atoms with Crippen molar-refractivity contribution in [3.05, 3.63) is 0 Å². The van der Waals surface area contributed by atoms with Crippen LogP contribution in [0, 0.1) is 5.92 Å². The van der Waals surface area contributed by atoms with Gasteiger partial charge in [-0.15, -0.1) is 0 Å². The predicted molar refractivity (Wildman–Crippen MR) is 77.7 cm³/mol. The number of carboxylic acid groups (broad SMARTS) is 1. The lowest BCUT2D eigenvalue weighted by Crippen LogP contribution is -2.49. The van der Waals surface area contributed by atoms with Gasteiger partial charge in [0, 0.05) is 25.0 Å². The SMILES string of the molecule is CCN1CCC(CNC(=O)NC(C)(C)CCC(=O)O)C1. The van der Waals surface area contributed by atoms with Crippen LogP contribution in [0.25, 0.3) is 0 Å². The van der Waals surface area contributed by atoms with E-state index in [9.17, 15) is 9.59 Å². The van der Waals surface area contributed by atoms with E-state index in [-0.39, 0.29) is 12.5 Å². The number of hydrogen-bond donors (Lipinski definition) is 3. The minimum absolute atomic E-state index is 0.0569. The van der Waals surface area contributed by atoms with Gasteiger partial charge in [0.1, 0.15) is 0 Å². The highest BCUT2D eigenvalue weighted by Crippen LogP contribution is 2.15. The quantitative estimate of drug-likeness (QED) is 0.658. The number of likely N-dealkylation sites (tertiary alicyclic amines) is 1. The number of urea groups is 1. The molecule has 2 amide bonds. The molecule has 1 aliphatic rings. The molecule has 6 heteroatoms.